The molecule has 0 aliphatic rings. The van der Waals surface area contributed by atoms with Crippen LogP contribution in [0.15, 0.2) is 54.7 Å². The Hall–Kier alpha value is -2.63. The maximum absolute atomic E-state index is 6.33. The fourth-order valence-electron chi connectivity index (χ4n) is 2.68. The molecule has 2 aromatic heterocycles. The third kappa shape index (κ3) is 3.36. The van der Waals surface area contributed by atoms with Crippen LogP contribution in [0.3, 0.4) is 0 Å². The lowest BCUT2D eigenvalue weighted by Gasteiger charge is -2.03. The molecule has 4 rings (SSSR count). The van der Waals surface area contributed by atoms with Crippen LogP contribution in [0.4, 0.5) is 0 Å². The van der Waals surface area contributed by atoms with Gasteiger partial charge in [0.2, 0.25) is 0 Å². The van der Waals surface area contributed by atoms with Crippen molar-refractivity contribution in [3.8, 4) is 17.1 Å². The van der Waals surface area contributed by atoms with Gasteiger partial charge in [-0.2, -0.15) is 5.10 Å². The first-order valence-electron chi connectivity index (χ1n) is 7.92. The van der Waals surface area contributed by atoms with Gasteiger partial charge < -0.3 is 4.74 Å². The first-order valence-corrected chi connectivity index (χ1v) is 8.67. The number of fused-ring (bicyclic) bond motifs is 1. The molecule has 7 heteroatoms. The molecule has 26 heavy (non-hydrogen) atoms. The average molecular weight is 385 g/mol. The molecule has 0 spiro atoms. The Bertz CT molecular complexity index is 1080. The number of aromatic nitrogens is 4. The topological polar surface area (TPSA) is 52.8 Å². The summed E-state index contributed by atoms with van der Waals surface area (Å²) in [4.78, 5) is 8.94. The van der Waals surface area contributed by atoms with Gasteiger partial charge in [-0.1, -0.05) is 47.5 Å². The minimum atomic E-state index is 0.318. The highest BCUT2D eigenvalue weighted by molar-refractivity contribution is 6.33. The number of hydrogen-bond acceptors (Lipinski definition) is 4. The van der Waals surface area contributed by atoms with Crippen LogP contribution in [0, 0.1) is 0 Å². The van der Waals surface area contributed by atoms with Crippen molar-refractivity contribution in [1.82, 2.24) is 19.7 Å². The molecule has 0 amide bonds. The van der Waals surface area contributed by atoms with Crippen LogP contribution < -0.4 is 4.74 Å². The van der Waals surface area contributed by atoms with Gasteiger partial charge in [-0.15, -0.1) is 0 Å². The van der Waals surface area contributed by atoms with E-state index in [4.69, 9.17) is 27.9 Å². The second-order valence-corrected chi connectivity index (χ2v) is 6.55. The molecule has 0 aliphatic carbocycles. The highest BCUT2D eigenvalue weighted by atomic mass is 35.5. The number of rotatable bonds is 4. The molecule has 2 aromatic carbocycles. The van der Waals surface area contributed by atoms with E-state index in [1.807, 2.05) is 42.6 Å². The van der Waals surface area contributed by atoms with Crippen LogP contribution >= 0.6 is 23.2 Å². The van der Waals surface area contributed by atoms with Crippen molar-refractivity contribution in [3.05, 3.63) is 70.5 Å². The van der Waals surface area contributed by atoms with Crippen molar-refractivity contribution in [3.63, 3.8) is 0 Å². The zero-order valence-corrected chi connectivity index (χ0v) is 15.4. The zero-order valence-electron chi connectivity index (χ0n) is 13.9. The molecule has 0 aliphatic heterocycles. The number of halogens is 2. The predicted molar refractivity (Wildman–Crippen MR) is 103 cm³/mol. The first-order chi connectivity index (χ1) is 12.6. The second-order valence-electron chi connectivity index (χ2n) is 5.76. The highest BCUT2D eigenvalue weighted by Crippen LogP contribution is 2.25. The van der Waals surface area contributed by atoms with Crippen LogP contribution in [0.25, 0.3) is 22.4 Å². The fourth-order valence-corrected chi connectivity index (χ4v) is 3.09. The van der Waals surface area contributed by atoms with Gasteiger partial charge in [0.25, 0.3) is 0 Å². The molecule has 2 heterocycles. The molecule has 4 aromatic rings. The van der Waals surface area contributed by atoms with Gasteiger partial charge in [-0.25, -0.2) is 9.97 Å². The van der Waals surface area contributed by atoms with Crippen molar-refractivity contribution in [2.45, 2.75) is 6.54 Å². The molecule has 130 valence electrons. The number of hydrogen-bond donors (Lipinski definition) is 0. The molecule has 0 atom stereocenters. The average Bonchev–Trinajstić information content (AvgIpc) is 3.05. The van der Waals surface area contributed by atoms with E-state index in [1.54, 1.807) is 23.9 Å². The number of nitrogens with zero attached hydrogens (tertiary/aromatic N) is 4. The summed E-state index contributed by atoms with van der Waals surface area (Å²) >= 11 is 12.4. The summed E-state index contributed by atoms with van der Waals surface area (Å²) in [6.07, 6.45) is 1.86. The normalized spacial score (nSPS) is 11.0. The monoisotopic (exact) mass is 384 g/mol. The third-order valence-electron chi connectivity index (χ3n) is 3.95. The van der Waals surface area contributed by atoms with E-state index in [-0.39, 0.29) is 0 Å². The third-order valence-corrected chi connectivity index (χ3v) is 4.45. The number of ether oxygens (including phenoxy) is 1. The first kappa shape index (κ1) is 16.8. The Morgan fingerprint density at radius 3 is 2.58 bits per heavy atom. The lowest BCUT2D eigenvalue weighted by molar-refractivity contribution is 0.414. The van der Waals surface area contributed by atoms with E-state index in [0.717, 1.165) is 16.9 Å². The quantitative estimate of drug-likeness (QED) is 0.471. The largest absolute Gasteiger partial charge is 0.497 e. The summed E-state index contributed by atoms with van der Waals surface area (Å²) in [5.74, 6) is 1.34. The summed E-state index contributed by atoms with van der Waals surface area (Å²) in [6, 6.07) is 15.2. The smallest absolute Gasteiger partial charge is 0.161 e. The van der Waals surface area contributed by atoms with Crippen LogP contribution in [0.1, 0.15) is 5.56 Å². The Balaban J connectivity index is 1.69. The molecule has 0 bridgehead atoms. The summed E-state index contributed by atoms with van der Waals surface area (Å²) in [5.41, 5.74) is 3.17. The molecular weight excluding hydrogens is 371 g/mol. The van der Waals surface area contributed by atoms with Crippen LogP contribution in [0.5, 0.6) is 5.75 Å². The van der Waals surface area contributed by atoms with Gasteiger partial charge >= 0.3 is 0 Å². The van der Waals surface area contributed by atoms with E-state index in [9.17, 15) is 0 Å². The standard InChI is InChI=1S/C19H14Cl2N4O/c1-26-15-7-5-12(6-8-15)10-25-11-16-17(24-25)18(21)23-19(22-16)13-3-2-4-14(20)9-13/h2-9,11H,10H2,1H3. The molecule has 0 saturated heterocycles. The Labute approximate surface area is 160 Å². The van der Waals surface area contributed by atoms with Gasteiger partial charge in [-0.3, -0.25) is 4.68 Å². The lowest BCUT2D eigenvalue weighted by atomic mass is 10.2. The minimum absolute atomic E-state index is 0.318. The minimum Gasteiger partial charge on any atom is -0.497 e. The van der Waals surface area contributed by atoms with Gasteiger partial charge in [0.15, 0.2) is 11.0 Å². The molecule has 0 saturated carbocycles. The summed E-state index contributed by atoms with van der Waals surface area (Å²) in [6.45, 7) is 0.600. The lowest BCUT2D eigenvalue weighted by Crippen LogP contribution is -1.99. The van der Waals surface area contributed by atoms with Crippen LogP contribution in [-0.4, -0.2) is 26.9 Å². The summed E-state index contributed by atoms with van der Waals surface area (Å²) in [5, 5.41) is 5.45. The van der Waals surface area contributed by atoms with Gasteiger partial charge in [0.05, 0.1) is 19.9 Å². The Morgan fingerprint density at radius 2 is 1.85 bits per heavy atom. The van der Waals surface area contributed by atoms with Gasteiger partial charge in [0, 0.05) is 10.6 Å². The van der Waals surface area contributed by atoms with Crippen molar-refractivity contribution in [1.29, 1.82) is 0 Å². The van der Waals surface area contributed by atoms with Crippen molar-refractivity contribution in [2.75, 3.05) is 7.11 Å². The van der Waals surface area contributed by atoms with Crippen molar-refractivity contribution >= 4 is 34.2 Å². The second kappa shape index (κ2) is 6.94. The summed E-state index contributed by atoms with van der Waals surface area (Å²) in [7, 11) is 1.65. The van der Waals surface area contributed by atoms with Crippen molar-refractivity contribution in [2.24, 2.45) is 0 Å². The number of benzene rings is 2. The Morgan fingerprint density at radius 1 is 1.04 bits per heavy atom. The van der Waals surface area contributed by atoms with Crippen molar-refractivity contribution < 1.29 is 4.74 Å². The zero-order chi connectivity index (χ0) is 18.1. The van der Waals surface area contributed by atoms with E-state index >= 15 is 0 Å². The van der Waals surface area contributed by atoms with Gasteiger partial charge in [0.1, 0.15) is 16.8 Å². The van der Waals surface area contributed by atoms with Gasteiger partial charge in [-0.05, 0) is 29.8 Å². The highest BCUT2D eigenvalue weighted by Gasteiger charge is 2.12. The van der Waals surface area contributed by atoms with E-state index < -0.39 is 0 Å². The molecule has 5 nitrogen and oxygen atoms in total. The van der Waals surface area contributed by atoms with E-state index in [0.29, 0.717) is 33.6 Å². The fraction of sp³-hybridized carbons (Fsp3) is 0.105. The predicted octanol–water partition coefficient (Wildman–Crippen LogP) is 4.86. The molecule has 0 fully saturated rings. The SMILES string of the molecule is COc1ccc(Cn2cc3nc(-c4cccc(Cl)c4)nc(Cl)c3n2)cc1. The summed E-state index contributed by atoms with van der Waals surface area (Å²) < 4.78 is 6.98. The van der Waals surface area contributed by atoms with E-state index in [1.165, 1.54) is 0 Å². The van der Waals surface area contributed by atoms with Crippen LogP contribution in [0.2, 0.25) is 10.2 Å². The molecule has 0 radical (unpaired) electrons. The number of methoxy groups -OCH3 is 1. The molecular formula is C19H14Cl2N4O. The molecule has 0 N–H and O–H groups in total. The van der Waals surface area contributed by atoms with Crippen LogP contribution in [-0.2, 0) is 6.54 Å². The Kier molecular flexibility index (Phi) is 4.49. The van der Waals surface area contributed by atoms with E-state index in [2.05, 4.69) is 15.1 Å². The maximum Gasteiger partial charge on any atom is 0.161 e. The molecule has 0 unspecified atom stereocenters. The maximum atomic E-state index is 6.33.